The van der Waals surface area contributed by atoms with Gasteiger partial charge in [-0.2, -0.15) is 0 Å². The van der Waals surface area contributed by atoms with Crippen molar-refractivity contribution in [3.63, 3.8) is 0 Å². The standard InChI is InChI=1S/C21H29Cl2N3O4/c1-20(2,3)30-19(28)25-8-6-21(7-9-25)14-26(10-11-29-21)18(27)24-13-15-4-5-16(22)12-17(15)23/h4-5,12H,6-11,13-14H2,1-3H3,(H,24,27). The summed E-state index contributed by atoms with van der Waals surface area (Å²) in [6, 6.07) is 5.06. The van der Waals surface area contributed by atoms with Crippen LogP contribution >= 0.6 is 23.2 Å². The molecular formula is C21H29Cl2N3O4. The van der Waals surface area contributed by atoms with Gasteiger partial charge in [0.15, 0.2) is 0 Å². The third-order valence-corrected chi connectivity index (χ3v) is 5.89. The summed E-state index contributed by atoms with van der Waals surface area (Å²) in [4.78, 5) is 28.5. The first-order valence-corrected chi connectivity index (χ1v) is 10.9. The first-order chi connectivity index (χ1) is 14.1. The van der Waals surface area contributed by atoms with Crippen LogP contribution in [0.25, 0.3) is 0 Å². The predicted octanol–water partition coefficient (Wildman–Crippen LogP) is 4.30. The molecule has 1 spiro atoms. The van der Waals surface area contributed by atoms with E-state index >= 15 is 0 Å². The number of benzene rings is 1. The highest BCUT2D eigenvalue weighted by molar-refractivity contribution is 6.35. The Labute approximate surface area is 187 Å². The molecule has 0 unspecified atom stereocenters. The molecule has 2 fully saturated rings. The summed E-state index contributed by atoms with van der Waals surface area (Å²) < 4.78 is 11.5. The van der Waals surface area contributed by atoms with Gasteiger partial charge in [-0.05, 0) is 51.3 Å². The van der Waals surface area contributed by atoms with Crippen LogP contribution in [0.4, 0.5) is 9.59 Å². The fourth-order valence-electron chi connectivity index (χ4n) is 3.69. The molecule has 0 aliphatic carbocycles. The molecule has 2 aliphatic heterocycles. The molecule has 1 aromatic rings. The third-order valence-electron chi connectivity index (χ3n) is 5.31. The van der Waals surface area contributed by atoms with E-state index in [1.807, 2.05) is 20.8 Å². The zero-order valence-corrected chi connectivity index (χ0v) is 19.2. The molecule has 2 aliphatic rings. The zero-order valence-electron chi connectivity index (χ0n) is 17.7. The molecule has 2 heterocycles. The Morgan fingerprint density at radius 3 is 2.50 bits per heavy atom. The average molecular weight is 458 g/mol. The van der Waals surface area contributed by atoms with Gasteiger partial charge >= 0.3 is 12.1 Å². The quantitative estimate of drug-likeness (QED) is 0.717. The van der Waals surface area contributed by atoms with Crippen molar-refractivity contribution in [1.82, 2.24) is 15.1 Å². The molecule has 0 bridgehead atoms. The Balaban J connectivity index is 1.52. The van der Waals surface area contributed by atoms with E-state index in [9.17, 15) is 9.59 Å². The molecular weight excluding hydrogens is 429 g/mol. The number of hydrogen-bond donors (Lipinski definition) is 1. The van der Waals surface area contributed by atoms with Crippen LogP contribution in [0.5, 0.6) is 0 Å². The number of ether oxygens (including phenoxy) is 2. The fourth-order valence-corrected chi connectivity index (χ4v) is 4.17. The lowest BCUT2D eigenvalue weighted by molar-refractivity contribution is -0.125. The van der Waals surface area contributed by atoms with Gasteiger partial charge in [0, 0.05) is 36.2 Å². The molecule has 0 saturated carbocycles. The summed E-state index contributed by atoms with van der Waals surface area (Å²) in [5.41, 5.74) is -0.135. The van der Waals surface area contributed by atoms with Gasteiger partial charge in [-0.3, -0.25) is 0 Å². The van der Waals surface area contributed by atoms with Gasteiger partial charge in [-0.15, -0.1) is 0 Å². The Bertz CT molecular complexity index is 789. The maximum atomic E-state index is 12.7. The first kappa shape index (κ1) is 23.0. The highest BCUT2D eigenvalue weighted by atomic mass is 35.5. The SMILES string of the molecule is CC(C)(C)OC(=O)N1CCC2(CC1)CN(C(=O)NCc1ccc(Cl)cc1Cl)CCO2. The van der Waals surface area contributed by atoms with Gasteiger partial charge in [0.2, 0.25) is 0 Å². The van der Waals surface area contributed by atoms with Gasteiger partial charge in [0.1, 0.15) is 5.60 Å². The minimum Gasteiger partial charge on any atom is -0.444 e. The molecule has 3 amide bonds. The summed E-state index contributed by atoms with van der Waals surface area (Å²) in [6.07, 6.45) is 1.03. The highest BCUT2D eigenvalue weighted by Gasteiger charge is 2.42. The van der Waals surface area contributed by atoms with E-state index in [4.69, 9.17) is 32.7 Å². The van der Waals surface area contributed by atoms with Crippen molar-refractivity contribution in [2.45, 2.75) is 51.4 Å². The monoisotopic (exact) mass is 457 g/mol. The molecule has 7 nitrogen and oxygen atoms in total. The van der Waals surface area contributed by atoms with E-state index < -0.39 is 11.2 Å². The highest BCUT2D eigenvalue weighted by Crippen LogP contribution is 2.31. The molecule has 1 N–H and O–H groups in total. The number of morpholine rings is 1. The molecule has 0 radical (unpaired) electrons. The van der Waals surface area contributed by atoms with Crippen molar-refractivity contribution >= 4 is 35.3 Å². The molecule has 1 aromatic carbocycles. The largest absolute Gasteiger partial charge is 0.444 e. The van der Waals surface area contributed by atoms with Crippen LogP contribution in [0.1, 0.15) is 39.2 Å². The van der Waals surface area contributed by atoms with Crippen LogP contribution in [0, 0.1) is 0 Å². The third kappa shape index (κ3) is 5.93. The number of amides is 3. The maximum Gasteiger partial charge on any atom is 0.410 e. The van der Waals surface area contributed by atoms with Crippen LogP contribution in [0.3, 0.4) is 0 Å². The summed E-state index contributed by atoms with van der Waals surface area (Å²) >= 11 is 12.1. The lowest BCUT2D eigenvalue weighted by atomic mass is 9.89. The number of nitrogens with one attached hydrogen (secondary N) is 1. The smallest absolute Gasteiger partial charge is 0.410 e. The van der Waals surface area contributed by atoms with E-state index in [1.165, 1.54) is 0 Å². The molecule has 0 aromatic heterocycles. The lowest BCUT2D eigenvalue weighted by Gasteiger charge is -2.47. The van der Waals surface area contributed by atoms with Crippen molar-refractivity contribution in [2.24, 2.45) is 0 Å². The Kier molecular flexibility index (Phi) is 7.05. The van der Waals surface area contributed by atoms with Gasteiger partial charge in [0.25, 0.3) is 0 Å². The van der Waals surface area contributed by atoms with Crippen LogP contribution in [0.15, 0.2) is 18.2 Å². The van der Waals surface area contributed by atoms with E-state index in [0.717, 1.165) is 5.56 Å². The van der Waals surface area contributed by atoms with Crippen LogP contribution in [-0.2, 0) is 16.0 Å². The first-order valence-electron chi connectivity index (χ1n) is 10.2. The number of hydrogen-bond acceptors (Lipinski definition) is 4. The topological polar surface area (TPSA) is 71.1 Å². The number of piperidine rings is 1. The number of urea groups is 1. The van der Waals surface area contributed by atoms with Gasteiger partial charge in [-0.1, -0.05) is 29.3 Å². The number of nitrogens with zero attached hydrogens (tertiary/aromatic N) is 2. The number of rotatable bonds is 2. The zero-order chi connectivity index (χ0) is 21.9. The maximum absolute atomic E-state index is 12.7. The van der Waals surface area contributed by atoms with E-state index in [1.54, 1.807) is 28.0 Å². The molecule has 2 saturated heterocycles. The number of halogens is 2. The van der Waals surface area contributed by atoms with Crippen LogP contribution in [-0.4, -0.2) is 65.9 Å². The Morgan fingerprint density at radius 2 is 1.87 bits per heavy atom. The van der Waals surface area contributed by atoms with Crippen LogP contribution < -0.4 is 5.32 Å². The van der Waals surface area contributed by atoms with Crippen LogP contribution in [0.2, 0.25) is 10.0 Å². The van der Waals surface area contributed by atoms with E-state index in [-0.39, 0.29) is 12.1 Å². The van der Waals surface area contributed by atoms with E-state index in [2.05, 4.69) is 5.32 Å². The van der Waals surface area contributed by atoms with Crippen molar-refractivity contribution in [1.29, 1.82) is 0 Å². The van der Waals surface area contributed by atoms with E-state index in [0.29, 0.717) is 62.2 Å². The summed E-state index contributed by atoms with van der Waals surface area (Å²) in [5.74, 6) is 0. The van der Waals surface area contributed by atoms with Gasteiger partial charge < -0.3 is 24.6 Å². The normalized spacial score (nSPS) is 19.0. The second-order valence-electron chi connectivity index (χ2n) is 8.81. The molecule has 3 rings (SSSR count). The lowest BCUT2D eigenvalue weighted by Crippen LogP contribution is -2.60. The summed E-state index contributed by atoms with van der Waals surface area (Å²) in [7, 11) is 0. The fraction of sp³-hybridized carbons (Fsp3) is 0.619. The average Bonchev–Trinajstić information content (AvgIpc) is 2.66. The summed E-state index contributed by atoms with van der Waals surface area (Å²) in [5, 5.41) is 4.01. The van der Waals surface area contributed by atoms with Crippen molar-refractivity contribution in [2.75, 3.05) is 32.8 Å². The van der Waals surface area contributed by atoms with Crippen molar-refractivity contribution in [3.8, 4) is 0 Å². The molecule has 30 heavy (non-hydrogen) atoms. The molecule has 166 valence electrons. The minimum absolute atomic E-state index is 0.154. The summed E-state index contributed by atoms with van der Waals surface area (Å²) in [6.45, 7) is 8.48. The van der Waals surface area contributed by atoms with Gasteiger partial charge in [0.05, 0.1) is 18.8 Å². The second-order valence-corrected chi connectivity index (χ2v) is 9.66. The van der Waals surface area contributed by atoms with Gasteiger partial charge in [-0.25, -0.2) is 9.59 Å². The molecule has 0 atom stereocenters. The number of carbonyl (C=O) groups is 2. The Hall–Kier alpha value is -1.70. The number of carbonyl (C=O) groups excluding carboxylic acids is 2. The van der Waals surface area contributed by atoms with Crippen molar-refractivity contribution < 1.29 is 19.1 Å². The molecule has 9 heteroatoms. The van der Waals surface area contributed by atoms with Crippen molar-refractivity contribution in [3.05, 3.63) is 33.8 Å². The predicted molar refractivity (Wildman–Crippen MR) is 116 cm³/mol. The Morgan fingerprint density at radius 1 is 1.17 bits per heavy atom. The minimum atomic E-state index is -0.518. The number of likely N-dealkylation sites (tertiary alicyclic amines) is 1. The second kappa shape index (κ2) is 9.20.